The van der Waals surface area contributed by atoms with E-state index in [-0.39, 0.29) is 24.0 Å². The van der Waals surface area contributed by atoms with Crippen LogP contribution < -0.4 is 10.6 Å². The Balaban J connectivity index is 1.80. The topological polar surface area (TPSA) is 74.3 Å². The Morgan fingerprint density at radius 1 is 1.58 bits per heavy atom. The summed E-state index contributed by atoms with van der Waals surface area (Å²) in [5, 5.41) is 8.58. The van der Waals surface area contributed by atoms with Gasteiger partial charge in [-0.3, -0.25) is 4.79 Å². The van der Waals surface area contributed by atoms with E-state index in [0.29, 0.717) is 13.1 Å². The first-order valence-corrected chi connectivity index (χ1v) is 7.20. The van der Waals surface area contributed by atoms with Gasteiger partial charge in [0.1, 0.15) is 5.01 Å². The first-order chi connectivity index (χ1) is 9.10. The lowest BCUT2D eigenvalue weighted by Crippen LogP contribution is -2.62. The highest BCUT2D eigenvalue weighted by Gasteiger charge is 2.32. The number of rotatable bonds is 4. The lowest BCUT2D eigenvalue weighted by Gasteiger charge is -2.39. The molecule has 19 heavy (non-hydrogen) atoms. The number of nitrogens with one attached hydrogen (secondary N) is 2. The fourth-order valence-corrected chi connectivity index (χ4v) is 2.78. The van der Waals surface area contributed by atoms with Crippen LogP contribution in [0.5, 0.6) is 0 Å². The number of carbonyl (C=O) groups is 2. The summed E-state index contributed by atoms with van der Waals surface area (Å²) in [6.07, 6.45) is 2.55. The van der Waals surface area contributed by atoms with Crippen molar-refractivity contribution >= 4 is 23.3 Å². The monoisotopic (exact) mass is 282 g/mol. The molecule has 0 spiro atoms. The first-order valence-electron chi connectivity index (χ1n) is 6.32. The van der Waals surface area contributed by atoms with Crippen molar-refractivity contribution in [3.8, 4) is 0 Å². The van der Waals surface area contributed by atoms with Crippen LogP contribution in [0.25, 0.3) is 0 Å². The zero-order chi connectivity index (χ0) is 13.8. The molecule has 1 saturated heterocycles. The summed E-state index contributed by atoms with van der Waals surface area (Å²) in [5.41, 5.74) is 0. The van der Waals surface area contributed by atoms with Gasteiger partial charge in [0, 0.05) is 31.6 Å². The zero-order valence-electron chi connectivity index (χ0n) is 11.0. The molecular weight excluding hydrogens is 264 g/mol. The normalized spacial score (nSPS) is 16.6. The van der Waals surface area contributed by atoms with Gasteiger partial charge in [0.2, 0.25) is 5.91 Å². The second-order valence-corrected chi connectivity index (χ2v) is 5.51. The molecule has 0 radical (unpaired) electrons. The molecule has 2 rings (SSSR count). The Labute approximate surface area is 116 Å². The van der Waals surface area contributed by atoms with Crippen molar-refractivity contribution in [1.82, 2.24) is 20.5 Å². The molecule has 7 heteroatoms. The molecule has 6 nitrogen and oxygen atoms in total. The zero-order valence-corrected chi connectivity index (χ0v) is 11.9. The van der Waals surface area contributed by atoms with E-state index in [2.05, 4.69) is 15.6 Å². The van der Waals surface area contributed by atoms with E-state index in [1.807, 2.05) is 12.3 Å². The minimum atomic E-state index is -0.0938. The van der Waals surface area contributed by atoms with Crippen molar-refractivity contribution in [3.63, 3.8) is 0 Å². The largest absolute Gasteiger partial charge is 0.350 e. The maximum Gasteiger partial charge on any atom is 0.318 e. The number of likely N-dealkylation sites (tertiary alicyclic amines) is 1. The second-order valence-electron chi connectivity index (χ2n) is 4.58. The number of amides is 3. The van der Waals surface area contributed by atoms with Gasteiger partial charge in [-0.05, 0) is 6.42 Å². The molecule has 1 aliphatic rings. The van der Waals surface area contributed by atoms with Gasteiger partial charge in [-0.1, -0.05) is 6.92 Å². The summed E-state index contributed by atoms with van der Waals surface area (Å²) in [4.78, 5) is 28.8. The quantitative estimate of drug-likeness (QED) is 0.869. The molecule has 0 saturated carbocycles. The number of aromatic nitrogens is 1. The van der Waals surface area contributed by atoms with Crippen molar-refractivity contribution in [1.29, 1.82) is 0 Å². The van der Waals surface area contributed by atoms with Crippen molar-refractivity contribution in [3.05, 3.63) is 16.6 Å². The maximum atomic E-state index is 12.0. The first kappa shape index (κ1) is 13.8. The van der Waals surface area contributed by atoms with Crippen molar-refractivity contribution in [2.75, 3.05) is 13.1 Å². The predicted molar refractivity (Wildman–Crippen MR) is 72.9 cm³/mol. The van der Waals surface area contributed by atoms with E-state index in [1.165, 1.54) is 6.92 Å². The molecular formula is C12H18N4O2S. The molecule has 1 fully saturated rings. The molecule has 2 N–H and O–H groups in total. The van der Waals surface area contributed by atoms with E-state index in [0.717, 1.165) is 11.4 Å². The smallest absolute Gasteiger partial charge is 0.318 e. The van der Waals surface area contributed by atoms with Gasteiger partial charge in [-0.25, -0.2) is 9.78 Å². The summed E-state index contributed by atoms with van der Waals surface area (Å²) < 4.78 is 0. The summed E-state index contributed by atoms with van der Waals surface area (Å²) in [7, 11) is 0. The van der Waals surface area contributed by atoms with Crippen LogP contribution in [0.15, 0.2) is 11.6 Å². The highest BCUT2D eigenvalue weighted by Crippen LogP contribution is 2.19. The van der Waals surface area contributed by atoms with Crippen LogP contribution in [0.4, 0.5) is 4.79 Å². The minimum Gasteiger partial charge on any atom is -0.350 e. The van der Waals surface area contributed by atoms with Crippen LogP contribution in [0.2, 0.25) is 0 Å². The predicted octanol–water partition coefficient (Wildman–Crippen LogP) is 1.12. The molecule has 2 heterocycles. The van der Waals surface area contributed by atoms with Crippen LogP contribution in [0.1, 0.15) is 31.3 Å². The lowest BCUT2D eigenvalue weighted by atomic mass is 10.1. The molecule has 0 aliphatic carbocycles. The Morgan fingerprint density at radius 3 is 2.84 bits per heavy atom. The highest BCUT2D eigenvalue weighted by atomic mass is 32.1. The SMILES string of the molecule is CC[C@@H](NC(=O)N1CC(NC(C)=O)C1)c1nccs1. The average molecular weight is 282 g/mol. The number of urea groups is 1. The third kappa shape index (κ3) is 3.44. The van der Waals surface area contributed by atoms with E-state index in [1.54, 1.807) is 22.4 Å². The molecule has 104 valence electrons. The molecule has 0 aromatic carbocycles. The fourth-order valence-electron chi connectivity index (χ4n) is 2.01. The van der Waals surface area contributed by atoms with Gasteiger partial charge in [-0.2, -0.15) is 0 Å². The Bertz CT molecular complexity index is 443. The average Bonchev–Trinajstić information content (AvgIpc) is 2.83. The number of hydrogen-bond acceptors (Lipinski definition) is 4. The summed E-state index contributed by atoms with van der Waals surface area (Å²) in [6, 6.07) is -0.0424. The van der Waals surface area contributed by atoms with Gasteiger partial charge in [0.25, 0.3) is 0 Å². The Kier molecular flexibility index (Phi) is 4.36. The minimum absolute atomic E-state index is 0.0349. The number of carbonyl (C=O) groups excluding carboxylic acids is 2. The third-order valence-corrected chi connectivity index (χ3v) is 3.92. The van der Waals surface area contributed by atoms with E-state index in [4.69, 9.17) is 0 Å². The number of hydrogen-bond donors (Lipinski definition) is 2. The van der Waals surface area contributed by atoms with E-state index < -0.39 is 0 Å². The molecule has 1 aromatic rings. The highest BCUT2D eigenvalue weighted by molar-refractivity contribution is 7.09. The van der Waals surface area contributed by atoms with E-state index >= 15 is 0 Å². The van der Waals surface area contributed by atoms with Crippen LogP contribution in [0, 0.1) is 0 Å². The molecule has 3 amide bonds. The summed E-state index contributed by atoms with van der Waals surface area (Å²) in [6.45, 7) is 4.64. The van der Waals surface area contributed by atoms with E-state index in [9.17, 15) is 9.59 Å². The molecule has 1 aliphatic heterocycles. The summed E-state index contributed by atoms with van der Waals surface area (Å²) >= 11 is 1.54. The van der Waals surface area contributed by atoms with Gasteiger partial charge >= 0.3 is 6.03 Å². The van der Waals surface area contributed by atoms with Crippen LogP contribution >= 0.6 is 11.3 Å². The van der Waals surface area contributed by atoms with Gasteiger partial charge in [0.05, 0.1) is 12.1 Å². The van der Waals surface area contributed by atoms with Gasteiger partial charge in [0.15, 0.2) is 0 Å². The molecule has 1 aromatic heterocycles. The number of thiazole rings is 1. The van der Waals surface area contributed by atoms with Crippen LogP contribution in [-0.4, -0.2) is 41.0 Å². The molecule has 1 atom stereocenters. The fraction of sp³-hybridized carbons (Fsp3) is 0.583. The molecule has 0 unspecified atom stereocenters. The molecule has 0 bridgehead atoms. The maximum absolute atomic E-state index is 12.0. The standard InChI is InChI=1S/C12H18N4O2S/c1-3-10(11-13-4-5-19-11)15-12(18)16-6-9(7-16)14-8(2)17/h4-5,9-10H,3,6-7H2,1-2H3,(H,14,17)(H,15,18)/t10-/m1/s1. The number of nitrogens with zero attached hydrogens (tertiary/aromatic N) is 2. The Hall–Kier alpha value is -1.63. The Morgan fingerprint density at radius 2 is 2.32 bits per heavy atom. The van der Waals surface area contributed by atoms with Gasteiger partial charge in [-0.15, -0.1) is 11.3 Å². The third-order valence-electron chi connectivity index (χ3n) is 3.03. The van der Waals surface area contributed by atoms with Crippen molar-refractivity contribution in [2.45, 2.75) is 32.4 Å². The summed E-state index contributed by atoms with van der Waals surface area (Å²) in [5.74, 6) is -0.0562. The lowest BCUT2D eigenvalue weighted by molar-refractivity contribution is -0.120. The van der Waals surface area contributed by atoms with Crippen LogP contribution in [0.3, 0.4) is 0 Å². The second kappa shape index (κ2) is 6.01. The van der Waals surface area contributed by atoms with Crippen molar-refractivity contribution in [2.24, 2.45) is 0 Å². The van der Waals surface area contributed by atoms with Gasteiger partial charge < -0.3 is 15.5 Å². The van der Waals surface area contributed by atoms with Crippen LogP contribution in [-0.2, 0) is 4.79 Å². The van der Waals surface area contributed by atoms with Crippen molar-refractivity contribution < 1.29 is 9.59 Å².